The van der Waals surface area contributed by atoms with Gasteiger partial charge in [0, 0.05) is 6.92 Å². The molecule has 5 nitrogen and oxygen atoms in total. The van der Waals surface area contributed by atoms with Gasteiger partial charge < -0.3 is 18.9 Å². The normalized spacial score (nSPS) is 22.4. The highest BCUT2D eigenvalue weighted by Gasteiger charge is 2.24. The van der Waals surface area contributed by atoms with Crippen LogP contribution in [0.25, 0.3) is 0 Å². The van der Waals surface area contributed by atoms with Gasteiger partial charge >= 0.3 is 5.97 Å². The number of hydrogen-bond donors (Lipinski definition) is 0. The van der Waals surface area contributed by atoms with Crippen LogP contribution in [-0.4, -0.2) is 44.6 Å². The van der Waals surface area contributed by atoms with E-state index in [-0.39, 0.29) is 24.8 Å². The van der Waals surface area contributed by atoms with Crippen molar-refractivity contribution >= 4 is 5.97 Å². The summed E-state index contributed by atoms with van der Waals surface area (Å²) in [6.07, 6.45) is -0.328. The van der Waals surface area contributed by atoms with Crippen molar-refractivity contribution in [3.8, 4) is 0 Å². The third-order valence-corrected chi connectivity index (χ3v) is 2.88. The molecular weight excluding hydrogens is 260 g/mol. The first-order valence-corrected chi connectivity index (χ1v) is 6.72. The van der Waals surface area contributed by atoms with Gasteiger partial charge in [-0.3, -0.25) is 4.79 Å². The third-order valence-electron chi connectivity index (χ3n) is 2.88. The first kappa shape index (κ1) is 15.0. The summed E-state index contributed by atoms with van der Waals surface area (Å²) in [5.41, 5.74) is 1.13. The second-order valence-electron chi connectivity index (χ2n) is 4.72. The number of carbonyl (C=O) groups is 1. The summed E-state index contributed by atoms with van der Waals surface area (Å²) >= 11 is 0. The van der Waals surface area contributed by atoms with E-state index in [1.54, 1.807) is 0 Å². The van der Waals surface area contributed by atoms with Crippen molar-refractivity contribution < 1.29 is 23.7 Å². The molecule has 2 unspecified atom stereocenters. The maximum Gasteiger partial charge on any atom is 0.302 e. The van der Waals surface area contributed by atoms with Gasteiger partial charge in [0.15, 0.2) is 0 Å². The van der Waals surface area contributed by atoms with Crippen molar-refractivity contribution in [3.05, 3.63) is 35.9 Å². The summed E-state index contributed by atoms with van der Waals surface area (Å²) < 4.78 is 21.7. The van der Waals surface area contributed by atoms with Gasteiger partial charge in [-0.2, -0.15) is 0 Å². The van der Waals surface area contributed by atoms with E-state index in [1.165, 1.54) is 6.92 Å². The van der Waals surface area contributed by atoms with E-state index in [9.17, 15) is 4.79 Å². The van der Waals surface area contributed by atoms with E-state index in [0.717, 1.165) is 5.56 Å². The van der Waals surface area contributed by atoms with Crippen molar-refractivity contribution in [2.24, 2.45) is 0 Å². The van der Waals surface area contributed by atoms with E-state index >= 15 is 0 Å². The van der Waals surface area contributed by atoms with Crippen molar-refractivity contribution in [1.29, 1.82) is 0 Å². The highest BCUT2D eigenvalue weighted by atomic mass is 16.6. The van der Waals surface area contributed by atoms with Crippen LogP contribution in [0.3, 0.4) is 0 Å². The highest BCUT2D eigenvalue weighted by Crippen LogP contribution is 2.10. The molecule has 0 aliphatic carbocycles. The third kappa shape index (κ3) is 5.28. The zero-order valence-corrected chi connectivity index (χ0v) is 11.6. The monoisotopic (exact) mass is 280 g/mol. The highest BCUT2D eigenvalue weighted by molar-refractivity contribution is 5.65. The maximum absolute atomic E-state index is 10.8. The minimum absolute atomic E-state index is 0.118. The van der Waals surface area contributed by atoms with E-state index in [4.69, 9.17) is 18.9 Å². The lowest BCUT2D eigenvalue weighted by Crippen LogP contribution is -2.41. The molecule has 20 heavy (non-hydrogen) atoms. The van der Waals surface area contributed by atoms with Crippen LogP contribution in [0.15, 0.2) is 30.3 Å². The standard InChI is InChI=1S/C15H20O5/c1-12(16)19-11-15-10-18-9-14(20-15)8-17-7-13-5-3-2-4-6-13/h2-6,14-15H,7-11H2,1H3. The molecule has 1 aromatic carbocycles. The van der Waals surface area contributed by atoms with E-state index < -0.39 is 0 Å². The summed E-state index contributed by atoms with van der Waals surface area (Å²) in [6.45, 7) is 3.57. The fraction of sp³-hybridized carbons (Fsp3) is 0.533. The number of carbonyl (C=O) groups excluding carboxylic acids is 1. The van der Waals surface area contributed by atoms with Gasteiger partial charge in [0.1, 0.15) is 18.8 Å². The van der Waals surface area contributed by atoms with Crippen LogP contribution >= 0.6 is 0 Å². The molecule has 5 heteroatoms. The second-order valence-corrected chi connectivity index (χ2v) is 4.72. The number of rotatable bonds is 6. The molecule has 0 aromatic heterocycles. The summed E-state index contributed by atoms with van der Waals surface area (Å²) in [7, 11) is 0. The molecule has 0 saturated carbocycles. The van der Waals surface area contributed by atoms with Gasteiger partial charge in [-0.15, -0.1) is 0 Å². The zero-order valence-electron chi connectivity index (χ0n) is 11.6. The summed E-state index contributed by atoms with van der Waals surface area (Å²) in [6, 6.07) is 9.97. The van der Waals surface area contributed by atoms with Crippen molar-refractivity contribution in [2.45, 2.75) is 25.7 Å². The lowest BCUT2D eigenvalue weighted by molar-refractivity contribution is -0.179. The average Bonchev–Trinajstić information content (AvgIpc) is 2.47. The molecule has 1 saturated heterocycles. The van der Waals surface area contributed by atoms with Crippen LogP contribution in [-0.2, 0) is 30.3 Å². The Labute approximate surface area is 118 Å². The number of benzene rings is 1. The van der Waals surface area contributed by atoms with Gasteiger partial charge in [-0.1, -0.05) is 30.3 Å². The number of ether oxygens (including phenoxy) is 4. The van der Waals surface area contributed by atoms with Crippen LogP contribution in [0.4, 0.5) is 0 Å². The molecule has 0 spiro atoms. The second kappa shape index (κ2) is 7.99. The first-order valence-electron chi connectivity index (χ1n) is 6.72. The molecule has 1 aliphatic rings. The van der Waals surface area contributed by atoms with Gasteiger partial charge in [-0.05, 0) is 5.56 Å². The predicted molar refractivity (Wildman–Crippen MR) is 72.2 cm³/mol. The molecule has 1 fully saturated rings. The Bertz CT molecular complexity index is 406. The quantitative estimate of drug-likeness (QED) is 0.740. The lowest BCUT2D eigenvalue weighted by Gasteiger charge is -2.29. The SMILES string of the molecule is CC(=O)OCC1COCC(COCc2ccccc2)O1. The molecule has 0 N–H and O–H groups in total. The first-order chi connectivity index (χ1) is 9.74. The van der Waals surface area contributed by atoms with Gasteiger partial charge in [-0.25, -0.2) is 0 Å². The van der Waals surface area contributed by atoms with Crippen LogP contribution in [0.2, 0.25) is 0 Å². The molecule has 0 bridgehead atoms. The Hall–Kier alpha value is -1.43. The largest absolute Gasteiger partial charge is 0.463 e. The number of hydrogen-bond acceptors (Lipinski definition) is 5. The fourth-order valence-corrected chi connectivity index (χ4v) is 1.95. The van der Waals surface area contributed by atoms with Gasteiger partial charge in [0.05, 0.1) is 26.4 Å². The zero-order chi connectivity index (χ0) is 14.2. The van der Waals surface area contributed by atoms with Crippen LogP contribution in [0, 0.1) is 0 Å². The lowest BCUT2D eigenvalue weighted by atomic mass is 10.2. The molecule has 1 aromatic rings. The van der Waals surface area contributed by atoms with Crippen molar-refractivity contribution in [3.63, 3.8) is 0 Å². The summed E-state index contributed by atoms with van der Waals surface area (Å²) in [4.78, 5) is 10.8. The Kier molecular flexibility index (Phi) is 5.98. The van der Waals surface area contributed by atoms with Crippen LogP contribution < -0.4 is 0 Å². The molecule has 1 aliphatic heterocycles. The van der Waals surface area contributed by atoms with Gasteiger partial charge in [0.2, 0.25) is 0 Å². The fourth-order valence-electron chi connectivity index (χ4n) is 1.95. The number of esters is 1. The Morgan fingerprint density at radius 2 is 1.90 bits per heavy atom. The maximum atomic E-state index is 10.8. The minimum atomic E-state index is -0.309. The van der Waals surface area contributed by atoms with E-state index in [1.807, 2.05) is 30.3 Å². The van der Waals surface area contributed by atoms with Crippen molar-refractivity contribution in [1.82, 2.24) is 0 Å². The molecule has 1 heterocycles. The van der Waals surface area contributed by atoms with E-state index in [0.29, 0.717) is 26.4 Å². The minimum Gasteiger partial charge on any atom is -0.463 e. The average molecular weight is 280 g/mol. The summed E-state index contributed by atoms with van der Waals surface area (Å²) in [5.74, 6) is -0.309. The van der Waals surface area contributed by atoms with Crippen LogP contribution in [0.1, 0.15) is 12.5 Å². The smallest absolute Gasteiger partial charge is 0.302 e. The predicted octanol–water partition coefficient (Wildman–Crippen LogP) is 1.55. The molecule has 2 rings (SSSR count). The molecule has 0 radical (unpaired) electrons. The molecule has 0 amide bonds. The van der Waals surface area contributed by atoms with Crippen LogP contribution in [0.5, 0.6) is 0 Å². The van der Waals surface area contributed by atoms with Gasteiger partial charge in [0.25, 0.3) is 0 Å². The summed E-state index contributed by atoms with van der Waals surface area (Å²) in [5, 5.41) is 0. The Morgan fingerprint density at radius 3 is 2.60 bits per heavy atom. The topological polar surface area (TPSA) is 54.0 Å². The molecule has 2 atom stereocenters. The van der Waals surface area contributed by atoms with E-state index in [2.05, 4.69) is 0 Å². The Morgan fingerprint density at radius 1 is 1.20 bits per heavy atom. The molecule has 110 valence electrons. The molecular formula is C15H20O5. The van der Waals surface area contributed by atoms with Crippen molar-refractivity contribution in [2.75, 3.05) is 26.4 Å². The Balaban J connectivity index is 1.66.